The molecule has 0 N–H and O–H groups in total. The predicted octanol–water partition coefficient (Wildman–Crippen LogP) is 3.97. The molecule has 3 saturated carbocycles. The van der Waals surface area contributed by atoms with Gasteiger partial charge in [-0.25, -0.2) is 8.42 Å². The number of sulfone groups is 1. The number of carbonyl (C=O) groups is 1. The summed E-state index contributed by atoms with van der Waals surface area (Å²) in [5.41, 5.74) is 1.57. The van der Waals surface area contributed by atoms with Gasteiger partial charge >= 0.3 is 0 Å². The molecule has 3 aliphatic carbocycles. The highest BCUT2D eigenvalue weighted by Crippen LogP contribution is 2.73. The summed E-state index contributed by atoms with van der Waals surface area (Å²) in [5.74, 6) is 0.795. The number of ether oxygens (including phenoxy) is 1. The normalized spacial score (nSPS) is 26.5. The number of methoxy groups -OCH3 is 1. The molecule has 0 heterocycles. The SMILES string of the molecule is COc1ccc(C(=O)CC23CC(S(=O)(=O)c4ccc(C)cc4)(C2)C3)cc1. The third-order valence-corrected chi connectivity index (χ3v) is 8.41. The van der Waals surface area contributed by atoms with Crippen molar-refractivity contribution in [2.45, 2.75) is 42.2 Å². The van der Waals surface area contributed by atoms with Crippen LogP contribution < -0.4 is 4.74 Å². The molecule has 26 heavy (non-hydrogen) atoms. The summed E-state index contributed by atoms with van der Waals surface area (Å²) < 4.78 is 30.4. The Labute approximate surface area is 154 Å². The minimum atomic E-state index is -3.33. The molecule has 0 saturated heterocycles. The lowest BCUT2D eigenvalue weighted by atomic mass is 9.42. The summed E-state index contributed by atoms with van der Waals surface area (Å²) in [6, 6.07) is 14.1. The second-order valence-corrected chi connectivity index (χ2v) is 10.2. The van der Waals surface area contributed by atoms with Crippen molar-refractivity contribution in [3.05, 3.63) is 59.7 Å². The first kappa shape index (κ1) is 17.3. The molecule has 2 bridgehead atoms. The van der Waals surface area contributed by atoms with Crippen LogP contribution in [0.2, 0.25) is 0 Å². The van der Waals surface area contributed by atoms with Crippen LogP contribution in [0.5, 0.6) is 5.75 Å². The van der Waals surface area contributed by atoms with Crippen molar-refractivity contribution in [3.63, 3.8) is 0 Å². The molecule has 0 aliphatic heterocycles. The van der Waals surface area contributed by atoms with E-state index in [1.807, 2.05) is 19.1 Å². The molecule has 0 amide bonds. The third-order valence-electron chi connectivity index (χ3n) is 5.94. The van der Waals surface area contributed by atoms with E-state index in [1.165, 1.54) is 0 Å². The minimum absolute atomic E-state index is 0.0775. The number of rotatable bonds is 6. The van der Waals surface area contributed by atoms with Crippen LogP contribution in [-0.4, -0.2) is 26.1 Å². The smallest absolute Gasteiger partial charge is 0.184 e. The maximum Gasteiger partial charge on any atom is 0.184 e. The van der Waals surface area contributed by atoms with Crippen molar-refractivity contribution in [1.29, 1.82) is 0 Å². The van der Waals surface area contributed by atoms with Gasteiger partial charge in [0.15, 0.2) is 15.6 Å². The largest absolute Gasteiger partial charge is 0.497 e. The van der Waals surface area contributed by atoms with Crippen molar-refractivity contribution >= 4 is 15.6 Å². The summed E-state index contributed by atoms with van der Waals surface area (Å²) in [5, 5.41) is 0. The van der Waals surface area contributed by atoms with Crippen molar-refractivity contribution in [2.24, 2.45) is 5.41 Å². The number of aryl methyl sites for hydroxylation is 1. The second kappa shape index (κ2) is 5.68. The van der Waals surface area contributed by atoms with E-state index in [-0.39, 0.29) is 11.2 Å². The van der Waals surface area contributed by atoms with Crippen LogP contribution in [0, 0.1) is 12.3 Å². The first-order chi connectivity index (χ1) is 12.3. The van der Waals surface area contributed by atoms with E-state index in [1.54, 1.807) is 43.5 Å². The molecule has 0 atom stereocenters. The highest BCUT2D eigenvalue weighted by Gasteiger charge is 2.74. The molecule has 136 valence electrons. The van der Waals surface area contributed by atoms with Crippen molar-refractivity contribution in [3.8, 4) is 5.75 Å². The number of hydrogen-bond donors (Lipinski definition) is 0. The molecule has 5 heteroatoms. The molecular formula is C21H22O4S. The van der Waals surface area contributed by atoms with Gasteiger partial charge in [0.25, 0.3) is 0 Å². The zero-order chi connectivity index (χ0) is 18.6. The summed E-state index contributed by atoms with van der Waals surface area (Å²) >= 11 is 0. The van der Waals surface area contributed by atoms with Gasteiger partial charge in [-0.2, -0.15) is 0 Å². The summed E-state index contributed by atoms with van der Waals surface area (Å²) in [6.07, 6.45) is 2.21. The van der Waals surface area contributed by atoms with Crippen LogP contribution in [0.4, 0.5) is 0 Å². The Morgan fingerprint density at radius 3 is 2.12 bits per heavy atom. The monoisotopic (exact) mass is 370 g/mol. The fourth-order valence-corrected chi connectivity index (χ4v) is 7.04. The molecule has 3 fully saturated rings. The fraction of sp³-hybridized carbons (Fsp3) is 0.381. The zero-order valence-corrected chi connectivity index (χ0v) is 15.8. The lowest BCUT2D eigenvalue weighted by molar-refractivity contribution is -0.0791. The van der Waals surface area contributed by atoms with Gasteiger partial charge in [0.05, 0.1) is 16.8 Å². The lowest BCUT2D eigenvalue weighted by Gasteiger charge is -2.69. The maximum absolute atomic E-state index is 13.0. The van der Waals surface area contributed by atoms with Gasteiger partial charge in [0, 0.05) is 12.0 Å². The summed E-state index contributed by atoms with van der Waals surface area (Å²) in [6.45, 7) is 1.94. The third kappa shape index (κ3) is 2.49. The van der Waals surface area contributed by atoms with Gasteiger partial charge in [-0.05, 0) is 68.0 Å². The quantitative estimate of drug-likeness (QED) is 0.722. The van der Waals surface area contributed by atoms with Crippen LogP contribution in [0.1, 0.15) is 41.6 Å². The molecule has 2 aromatic rings. The van der Waals surface area contributed by atoms with E-state index < -0.39 is 14.6 Å². The Bertz CT molecular complexity index is 936. The van der Waals surface area contributed by atoms with Gasteiger partial charge < -0.3 is 4.74 Å². The molecule has 3 aliphatic rings. The molecular weight excluding hydrogens is 348 g/mol. The zero-order valence-electron chi connectivity index (χ0n) is 15.0. The van der Waals surface area contributed by atoms with E-state index in [4.69, 9.17) is 4.74 Å². The Hall–Kier alpha value is -2.14. The summed E-state index contributed by atoms with van der Waals surface area (Å²) in [7, 11) is -1.74. The Kier molecular flexibility index (Phi) is 3.77. The van der Waals surface area contributed by atoms with Crippen LogP contribution in [-0.2, 0) is 9.84 Å². The molecule has 0 spiro atoms. The molecule has 5 rings (SSSR count). The van der Waals surface area contributed by atoms with E-state index in [0.29, 0.717) is 36.1 Å². The minimum Gasteiger partial charge on any atom is -0.497 e. The number of hydrogen-bond acceptors (Lipinski definition) is 4. The molecule has 0 aromatic heterocycles. The van der Waals surface area contributed by atoms with Crippen LogP contribution in [0.25, 0.3) is 0 Å². The van der Waals surface area contributed by atoms with Gasteiger partial charge in [0.2, 0.25) is 0 Å². The first-order valence-electron chi connectivity index (χ1n) is 8.78. The fourth-order valence-electron chi connectivity index (χ4n) is 4.55. The number of benzene rings is 2. The van der Waals surface area contributed by atoms with E-state index in [9.17, 15) is 13.2 Å². The molecule has 0 unspecified atom stereocenters. The van der Waals surface area contributed by atoms with Crippen molar-refractivity contribution in [1.82, 2.24) is 0 Å². The van der Waals surface area contributed by atoms with Gasteiger partial charge in [-0.15, -0.1) is 0 Å². The van der Waals surface area contributed by atoms with Crippen molar-refractivity contribution < 1.29 is 17.9 Å². The Morgan fingerprint density at radius 2 is 1.58 bits per heavy atom. The number of Topliss-reactive ketones (excluding diaryl/α,β-unsaturated/α-hetero) is 1. The standard InChI is InChI=1S/C21H22O4S/c1-15-3-9-18(10-4-15)26(23,24)21-12-20(13-21,14-21)11-19(22)16-5-7-17(25-2)8-6-16/h3-10H,11-14H2,1-2H3. The number of ketones is 1. The van der Waals surface area contributed by atoms with Crippen molar-refractivity contribution in [2.75, 3.05) is 7.11 Å². The Balaban J connectivity index is 1.44. The summed E-state index contributed by atoms with van der Waals surface area (Å²) in [4.78, 5) is 12.9. The van der Waals surface area contributed by atoms with Gasteiger partial charge in [0.1, 0.15) is 5.75 Å². The maximum atomic E-state index is 13.0. The first-order valence-corrected chi connectivity index (χ1v) is 10.3. The number of carbonyl (C=O) groups excluding carboxylic acids is 1. The van der Waals surface area contributed by atoms with E-state index in [2.05, 4.69) is 0 Å². The van der Waals surface area contributed by atoms with Gasteiger partial charge in [-0.1, -0.05) is 17.7 Å². The van der Waals surface area contributed by atoms with Crippen LogP contribution >= 0.6 is 0 Å². The topological polar surface area (TPSA) is 60.4 Å². The Morgan fingerprint density at radius 1 is 1.00 bits per heavy atom. The molecule has 0 radical (unpaired) electrons. The van der Waals surface area contributed by atoms with Crippen LogP contribution in [0.3, 0.4) is 0 Å². The van der Waals surface area contributed by atoms with E-state index >= 15 is 0 Å². The highest BCUT2D eigenvalue weighted by atomic mass is 32.2. The molecule has 2 aromatic carbocycles. The average Bonchev–Trinajstić information content (AvgIpc) is 2.56. The second-order valence-electron chi connectivity index (χ2n) is 7.86. The highest BCUT2D eigenvalue weighted by molar-refractivity contribution is 7.93. The lowest BCUT2D eigenvalue weighted by Crippen LogP contribution is -2.70. The average molecular weight is 370 g/mol. The van der Waals surface area contributed by atoms with Crippen LogP contribution in [0.15, 0.2) is 53.4 Å². The predicted molar refractivity (Wildman–Crippen MR) is 99.3 cm³/mol. The van der Waals surface area contributed by atoms with Gasteiger partial charge in [-0.3, -0.25) is 4.79 Å². The molecule has 4 nitrogen and oxygen atoms in total. The van der Waals surface area contributed by atoms with E-state index in [0.717, 1.165) is 11.3 Å².